The Morgan fingerprint density at radius 2 is 1.91 bits per heavy atom. The molecule has 0 saturated carbocycles. The van der Waals surface area contributed by atoms with Crippen LogP contribution in [0.25, 0.3) is 11.0 Å². The summed E-state index contributed by atoms with van der Waals surface area (Å²) in [5.74, 6) is 0.00553. The quantitative estimate of drug-likeness (QED) is 0.559. The van der Waals surface area contributed by atoms with Crippen LogP contribution in [0.3, 0.4) is 0 Å². The van der Waals surface area contributed by atoms with Gasteiger partial charge in [-0.05, 0) is 28.1 Å². The summed E-state index contributed by atoms with van der Waals surface area (Å²) in [5.41, 5.74) is 3.90. The molecule has 0 aliphatic carbocycles. The number of benzene rings is 2. The third-order valence-corrected chi connectivity index (χ3v) is 4.48. The second-order valence-electron chi connectivity index (χ2n) is 5.37. The fraction of sp³-hybridized carbons (Fsp3) is 0.125. The van der Waals surface area contributed by atoms with E-state index in [0.717, 1.165) is 21.0 Å². The maximum Gasteiger partial charge on any atom is 0.203 e. The van der Waals surface area contributed by atoms with Gasteiger partial charge in [-0.2, -0.15) is 0 Å². The fourth-order valence-corrected chi connectivity index (χ4v) is 3.21. The molecule has 6 heteroatoms. The minimum atomic E-state index is 0.00553. The van der Waals surface area contributed by atoms with Crippen molar-refractivity contribution in [3.05, 3.63) is 58.1 Å². The summed E-state index contributed by atoms with van der Waals surface area (Å²) in [7, 11) is 3.83. The van der Waals surface area contributed by atoms with Gasteiger partial charge in [0.25, 0.3) is 0 Å². The predicted octanol–water partition coefficient (Wildman–Crippen LogP) is 1.36. The Labute approximate surface area is 137 Å². The first-order chi connectivity index (χ1) is 10.5. The lowest BCUT2D eigenvalue weighted by molar-refractivity contribution is 0.0971. The summed E-state index contributed by atoms with van der Waals surface area (Å²) >= 11 is 3.51. The molecule has 2 aromatic carbocycles. The summed E-state index contributed by atoms with van der Waals surface area (Å²) in [5, 5.41) is 8.26. The Kier molecular flexibility index (Phi) is 3.79. The number of hydrogen-bond donors (Lipinski definition) is 1. The molecule has 0 radical (unpaired) electrons. The van der Waals surface area contributed by atoms with Crippen LogP contribution in [-0.4, -0.2) is 22.8 Å². The van der Waals surface area contributed by atoms with E-state index in [2.05, 4.69) is 15.9 Å². The molecule has 0 amide bonds. The number of nitrogens with one attached hydrogen (secondary N) is 1. The third kappa shape index (κ3) is 2.43. The van der Waals surface area contributed by atoms with Gasteiger partial charge in [-0.1, -0.05) is 35.8 Å². The summed E-state index contributed by atoms with van der Waals surface area (Å²) in [4.78, 5) is 12.5. The zero-order valence-corrected chi connectivity index (χ0v) is 14.0. The molecule has 1 heterocycles. The molecule has 1 aromatic heterocycles. The topological polar surface area (TPSA) is 50.8 Å². The van der Waals surface area contributed by atoms with E-state index in [0.29, 0.717) is 11.2 Å². The fourth-order valence-electron chi connectivity index (χ4n) is 2.59. The Bertz CT molecular complexity index is 925. The van der Waals surface area contributed by atoms with E-state index in [9.17, 15) is 4.79 Å². The van der Waals surface area contributed by atoms with Crippen LogP contribution in [0.4, 0.5) is 0 Å². The first-order valence-electron chi connectivity index (χ1n) is 6.97. The van der Waals surface area contributed by atoms with Gasteiger partial charge < -0.3 is 9.13 Å². The standard InChI is InChI=1S/C16H15BBrN3O/c1-20-15-12(18)3-2-4-13(15)21(16(20)19)9-14(22)10-5-7-11(17)8-6-10/h2-8,19H,9,17H2,1H3. The number of rotatable bonds is 3. The number of halogens is 1. The van der Waals surface area contributed by atoms with Gasteiger partial charge >= 0.3 is 0 Å². The Balaban J connectivity index is 2.06. The highest BCUT2D eigenvalue weighted by Gasteiger charge is 2.14. The predicted molar refractivity (Wildman–Crippen MR) is 93.4 cm³/mol. The molecule has 0 saturated heterocycles. The molecule has 110 valence electrons. The Morgan fingerprint density at radius 1 is 1.23 bits per heavy atom. The number of carbonyl (C=O) groups excluding carboxylic acids is 1. The number of carbonyl (C=O) groups is 1. The number of para-hydroxylation sites is 1. The van der Waals surface area contributed by atoms with E-state index in [4.69, 9.17) is 5.41 Å². The van der Waals surface area contributed by atoms with E-state index in [-0.39, 0.29) is 12.3 Å². The maximum atomic E-state index is 12.5. The molecular formula is C16H15BBrN3O. The van der Waals surface area contributed by atoms with E-state index in [1.807, 2.05) is 57.4 Å². The first kappa shape index (κ1) is 14.8. The van der Waals surface area contributed by atoms with Crippen molar-refractivity contribution in [1.82, 2.24) is 9.13 Å². The summed E-state index contributed by atoms with van der Waals surface area (Å²) < 4.78 is 4.44. The van der Waals surface area contributed by atoms with Crippen molar-refractivity contribution in [1.29, 1.82) is 5.41 Å². The number of Topliss-reactive ketones (excluding diaryl/α,β-unsaturated/α-hetero) is 1. The molecule has 0 aliphatic rings. The first-order valence-corrected chi connectivity index (χ1v) is 7.76. The number of aryl methyl sites for hydroxylation is 1. The minimum absolute atomic E-state index is 0.00553. The van der Waals surface area contributed by atoms with Crippen molar-refractivity contribution in [3.8, 4) is 0 Å². The molecule has 0 fully saturated rings. The molecule has 1 N–H and O–H groups in total. The lowest BCUT2D eigenvalue weighted by Crippen LogP contribution is -2.26. The average molecular weight is 356 g/mol. The second-order valence-corrected chi connectivity index (χ2v) is 6.22. The average Bonchev–Trinajstić information content (AvgIpc) is 2.74. The molecule has 3 aromatic rings. The smallest absolute Gasteiger partial charge is 0.203 e. The van der Waals surface area contributed by atoms with Gasteiger partial charge in [0.05, 0.1) is 17.6 Å². The number of hydrogen-bond acceptors (Lipinski definition) is 2. The lowest BCUT2D eigenvalue weighted by atomic mass is 9.94. The van der Waals surface area contributed by atoms with E-state index in [1.54, 1.807) is 9.13 Å². The van der Waals surface area contributed by atoms with Gasteiger partial charge in [0, 0.05) is 17.1 Å². The molecule has 0 aliphatic heterocycles. The normalized spacial score (nSPS) is 11.0. The van der Waals surface area contributed by atoms with Crippen molar-refractivity contribution < 1.29 is 4.79 Å². The molecule has 3 rings (SSSR count). The molecule has 0 atom stereocenters. The Hall–Kier alpha value is -2.08. The Morgan fingerprint density at radius 3 is 2.59 bits per heavy atom. The van der Waals surface area contributed by atoms with Crippen LogP contribution in [0.5, 0.6) is 0 Å². The number of ketones is 1. The molecule has 0 spiro atoms. The highest BCUT2D eigenvalue weighted by atomic mass is 79.9. The van der Waals surface area contributed by atoms with E-state index < -0.39 is 0 Å². The van der Waals surface area contributed by atoms with Gasteiger partial charge in [-0.3, -0.25) is 10.2 Å². The zero-order valence-electron chi connectivity index (χ0n) is 12.4. The monoisotopic (exact) mass is 355 g/mol. The summed E-state index contributed by atoms with van der Waals surface area (Å²) in [6.07, 6.45) is 0. The zero-order chi connectivity index (χ0) is 15.9. The van der Waals surface area contributed by atoms with Crippen molar-refractivity contribution in [2.24, 2.45) is 7.05 Å². The molecule has 0 bridgehead atoms. The second kappa shape index (κ2) is 5.61. The molecular weight excluding hydrogens is 341 g/mol. The summed E-state index contributed by atoms with van der Waals surface area (Å²) in [6, 6.07) is 13.3. The number of nitrogens with zero attached hydrogens (tertiary/aromatic N) is 2. The lowest BCUT2D eigenvalue weighted by Gasteiger charge is -2.05. The summed E-state index contributed by atoms with van der Waals surface area (Å²) in [6.45, 7) is 0.162. The molecule has 22 heavy (non-hydrogen) atoms. The van der Waals surface area contributed by atoms with Gasteiger partial charge in [0.2, 0.25) is 5.62 Å². The third-order valence-electron chi connectivity index (χ3n) is 3.84. The molecule has 4 nitrogen and oxygen atoms in total. The van der Waals surface area contributed by atoms with Crippen LogP contribution in [0.15, 0.2) is 46.9 Å². The van der Waals surface area contributed by atoms with Crippen molar-refractivity contribution in [3.63, 3.8) is 0 Å². The van der Waals surface area contributed by atoms with E-state index >= 15 is 0 Å². The number of fused-ring (bicyclic) bond motifs is 1. The van der Waals surface area contributed by atoms with Crippen molar-refractivity contribution in [2.75, 3.05) is 0 Å². The SMILES string of the molecule is Bc1ccc(C(=O)Cn2c(=N)n(C)c3c(Br)cccc32)cc1. The van der Waals surface area contributed by atoms with Gasteiger partial charge in [-0.25, -0.2) is 0 Å². The number of imidazole rings is 1. The highest BCUT2D eigenvalue weighted by molar-refractivity contribution is 9.10. The van der Waals surface area contributed by atoms with Crippen molar-refractivity contribution >= 4 is 46.1 Å². The van der Waals surface area contributed by atoms with Crippen LogP contribution in [0.1, 0.15) is 10.4 Å². The van der Waals surface area contributed by atoms with Crippen LogP contribution in [0, 0.1) is 5.41 Å². The van der Waals surface area contributed by atoms with Gasteiger partial charge in [0.15, 0.2) is 5.78 Å². The van der Waals surface area contributed by atoms with Crippen LogP contribution in [0.2, 0.25) is 0 Å². The van der Waals surface area contributed by atoms with E-state index in [1.165, 1.54) is 0 Å². The van der Waals surface area contributed by atoms with Crippen molar-refractivity contribution in [2.45, 2.75) is 6.54 Å². The van der Waals surface area contributed by atoms with Gasteiger partial charge in [-0.15, -0.1) is 0 Å². The minimum Gasteiger partial charge on any atom is -0.313 e. The maximum absolute atomic E-state index is 12.5. The molecule has 0 unspecified atom stereocenters. The van der Waals surface area contributed by atoms with Crippen LogP contribution in [-0.2, 0) is 13.6 Å². The van der Waals surface area contributed by atoms with Gasteiger partial charge in [0.1, 0.15) is 7.85 Å². The number of aromatic nitrogens is 2. The highest BCUT2D eigenvalue weighted by Crippen LogP contribution is 2.22. The largest absolute Gasteiger partial charge is 0.313 e. The van der Waals surface area contributed by atoms with Crippen LogP contribution < -0.4 is 11.1 Å². The van der Waals surface area contributed by atoms with Crippen LogP contribution >= 0.6 is 15.9 Å².